The fourth-order valence-corrected chi connectivity index (χ4v) is 2.41. The molecule has 1 saturated heterocycles. The van der Waals surface area contributed by atoms with Crippen LogP contribution in [0.15, 0.2) is 30.3 Å². The van der Waals surface area contributed by atoms with Crippen molar-refractivity contribution in [3.63, 3.8) is 0 Å². The summed E-state index contributed by atoms with van der Waals surface area (Å²) in [6, 6.07) is 9.93. The minimum Gasteiger partial charge on any atom is -0.351 e. The average Bonchev–Trinajstić information content (AvgIpc) is 2.81. The van der Waals surface area contributed by atoms with Gasteiger partial charge in [-0.2, -0.15) is 0 Å². The number of hydrogen-bond acceptors (Lipinski definition) is 3. The Balaban J connectivity index is 0.00000128. The summed E-state index contributed by atoms with van der Waals surface area (Å²) in [6.07, 6.45) is 0. The van der Waals surface area contributed by atoms with Gasteiger partial charge in [0.05, 0.1) is 6.04 Å². The van der Waals surface area contributed by atoms with Crippen LogP contribution < -0.4 is 10.6 Å². The molecule has 0 spiro atoms. The fraction of sp³-hybridized carbons (Fsp3) is 0.364. The number of carbonyl (C=O) groups excluding carboxylic acids is 1. The van der Waals surface area contributed by atoms with E-state index >= 15 is 0 Å². The molecule has 0 unspecified atom stereocenters. The Hall–Kier alpha value is -0.710. The van der Waals surface area contributed by atoms with Gasteiger partial charge in [0, 0.05) is 18.2 Å². The van der Waals surface area contributed by atoms with Gasteiger partial charge in [-0.25, -0.2) is 0 Å². The first-order valence-corrected chi connectivity index (χ1v) is 6.14. The van der Waals surface area contributed by atoms with Gasteiger partial charge in [-0.1, -0.05) is 30.3 Å². The van der Waals surface area contributed by atoms with Crippen molar-refractivity contribution < 1.29 is 4.79 Å². The van der Waals surface area contributed by atoms with Crippen molar-refractivity contribution in [1.82, 2.24) is 10.6 Å². The Labute approximate surface area is 106 Å². The number of rotatable bonds is 3. The molecule has 0 aliphatic carbocycles. The van der Waals surface area contributed by atoms with E-state index in [1.54, 1.807) is 11.8 Å². The standard InChI is InChI=1S/C11H14N2OS.ClH/c14-11(10-7-15-8-13-10)12-6-9-4-2-1-3-5-9;/h1-5,10,13H,6-8H2,(H,12,14);1H/t10-;/m1./s1. The molecule has 0 saturated carbocycles. The first-order valence-electron chi connectivity index (χ1n) is 4.99. The van der Waals surface area contributed by atoms with E-state index in [0.717, 1.165) is 17.2 Å². The molecule has 1 atom stereocenters. The number of benzene rings is 1. The monoisotopic (exact) mass is 258 g/mol. The van der Waals surface area contributed by atoms with Crippen molar-refractivity contribution >= 4 is 30.1 Å². The van der Waals surface area contributed by atoms with Gasteiger partial charge in [0.25, 0.3) is 0 Å². The molecule has 1 heterocycles. The smallest absolute Gasteiger partial charge is 0.238 e. The molecule has 1 fully saturated rings. The van der Waals surface area contributed by atoms with Crippen LogP contribution in [-0.4, -0.2) is 23.6 Å². The highest BCUT2D eigenvalue weighted by Gasteiger charge is 2.21. The summed E-state index contributed by atoms with van der Waals surface area (Å²) in [5, 5.41) is 6.07. The molecule has 1 aliphatic heterocycles. The van der Waals surface area contributed by atoms with Crippen LogP contribution in [0.25, 0.3) is 0 Å². The van der Waals surface area contributed by atoms with Crippen molar-refractivity contribution in [2.24, 2.45) is 0 Å². The summed E-state index contributed by atoms with van der Waals surface area (Å²) in [7, 11) is 0. The van der Waals surface area contributed by atoms with Gasteiger partial charge in [0.1, 0.15) is 0 Å². The fourth-order valence-electron chi connectivity index (χ4n) is 1.47. The maximum atomic E-state index is 11.6. The van der Waals surface area contributed by atoms with Crippen LogP contribution >= 0.6 is 24.2 Å². The van der Waals surface area contributed by atoms with Crippen LogP contribution in [0, 0.1) is 0 Å². The lowest BCUT2D eigenvalue weighted by atomic mass is 10.2. The summed E-state index contributed by atoms with van der Waals surface area (Å²) in [4.78, 5) is 11.6. The van der Waals surface area contributed by atoms with Crippen molar-refractivity contribution in [3.05, 3.63) is 35.9 Å². The number of carbonyl (C=O) groups is 1. The van der Waals surface area contributed by atoms with Crippen LogP contribution in [0.1, 0.15) is 5.56 Å². The third-order valence-corrected chi connectivity index (χ3v) is 3.28. The Kier molecular flexibility index (Phi) is 5.66. The molecule has 5 heteroatoms. The Bertz CT molecular complexity index is 328. The van der Waals surface area contributed by atoms with Gasteiger partial charge in [0.15, 0.2) is 0 Å². The molecule has 2 N–H and O–H groups in total. The molecule has 1 aromatic rings. The molecule has 88 valence electrons. The highest BCUT2D eigenvalue weighted by molar-refractivity contribution is 7.99. The zero-order chi connectivity index (χ0) is 10.5. The number of halogens is 1. The number of hydrogen-bond donors (Lipinski definition) is 2. The highest BCUT2D eigenvalue weighted by Crippen LogP contribution is 2.09. The van der Waals surface area contributed by atoms with Gasteiger partial charge in [0.2, 0.25) is 5.91 Å². The molecule has 0 bridgehead atoms. The van der Waals surface area contributed by atoms with Crippen molar-refractivity contribution in [2.45, 2.75) is 12.6 Å². The molecule has 0 radical (unpaired) electrons. The van der Waals surface area contributed by atoms with Crippen LogP contribution in [0.2, 0.25) is 0 Å². The summed E-state index contributed by atoms with van der Waals surface area (Å²) in [5.74, 6) is 1.85. The second kappa shape index (κ2) is 6.78. The van der Waals surface area contributed by atoms with E-state index < -0.39 is 0 Å². The summed E-state index contributed by atoms with van der Waals surface area (Å²) < 4.78 is 0. The van der Waals surface area contributed by atoms with Gasteiger partial charge >= 0.3 is 0 Å². The van der Waals surface area contributed by atoms with Crippen LogP contribution in [0.4, 0.5) is 0 Å². The number of amides is 1. The Morgan fingerprint density at radius 1 is 1.44 bits per heavy atom. The lowest BCUT2D eigenvalue weighted by Gasteiger charge is -2.10. The van der Waals surface area contributed by atoms with E-state index in [1.165, 1.54) is 0 Å². The van der Waals surface area contributed by atoms with E-state index in [2.05, 4.69) is 10.6 Å². The van der Waals surface area contributed by atoms with Crippen molar-refractivity contribution in [1.29, 1.82) is 0 Å². The SMILES string of the molecule is Cl.O=C(NCc1ccccc1)[C@H]1CSCN1. The Morgan fingerprint density at radius 3 is 2.81 bits per heavy atom. The largest absolute Gasteiger partial charge is 0.351 e. The van der Waals surface area contributed by atoms with Gasteiger partial charge in [-0.05, 0) is 5.56 Å². The zero-order valence-corrected chi connectivity index (χ0v) is 10.4. The van der Waals surface area contributed by atoms with Crippen LogP contribution in [-0.2, 0) is 11.3 Å². The molecule has 1 amide bonds. The van der Waals surface area contributed by atoms with Crippen molar-refractivity contribution in [3.8, 4) is 0 Å². The van der Waals surface area contributed by atoms with E-state index in [0.29, 0.717) is 6.54 Å². The molecule has 3 nitrogen and oxygen atoms in total. The van der Waals surface area contributed by atoms with Gasteiger partial charge in [-0.3, -0.25) is 10.1 Å². The lowest BCUT2D eigenvalue weighted by molar-refractivity contribution is -0.122. The van der Waals surface area contributed by atoms with Crippen LogP contribution in [0.3, 0.4) is 0 Å². The van der Waals surface area contributed by atoms with E-state index in [1.807, 2.05) is 30.3 Å². The summed E-state index contributed by atoms with van der Waals surface area (Å²) in [6.45, 7) is 0.614. The van der Waals surface area contributed by atoms with E-state index in [4.69, 9.17) is 0 Å². The van der Waals surface area contributed by atoms with Gasteiger partial charge in [-0.15, -0.1) is 24.2 Å². The van der Waals surface area contributed by atoms with E-state index in [9.17, 15) is 4.79 Å². The first-order chi connectivity index (χ1) is 7.36. The minimum atomic E-state index is -0.0151. The molecule has 16 heavy (non-hydrogen) atoms. The highest BCUT2D eigenvalue weighted by atomic mass is 35.5. The van der Waals surface area contributed by atoms with Crippen LogP contribution in [0.5, 0.6) is 0 Å². The molecular formula is C11H15ClN2OS. The average molecular weight is 259 g/mol. The molecule has 0 aromatic heterocycles. The number of thioether (sulfide) groups is 1. The Morgan fingerprint density at radius 2 is 2.19 bits per heavy atom. The molecular weight excluding hydrogens is 244 g/mol. The molecule has 1 aromatic carbocycles. The molecule has 1 aliphatic rings. The van der Waals surface area contributed by atoms with Gasteiger partial charge < -0.3 is 5.32 Å². The normalized spacial score (nSPS) is 18.9. The second-order valence-electron chi connectivity index (χ2n) is 3.48. The second-order valence-corrected chi connectivity index (χ2v) is 4.51. The number of nitrogens with one attached hydrogen (secondary N) is 2. The third-order valence-electron chi connectivity index (χ3n) is 2.34. The predicted octanol–water partition coefficient (Wildman–Crippen LogP) is 1.39. The maximum Gasteiger partial charge on any atom is 0.238 e. The first kappa shape index (κ1) is 13.4. The molecule has 2 rings (SSSR count). The quantitative estimate of drug-likeness (QED) is 0.861. The van der Waals surface area contributed by atoms with Crippen molar-refractivity contribution in [2.75, 3.05) is 11.6 Å². The third kappa shape index (κ3) is 3.70. The maximum absolute atomic E-state index is 11.6. The zero-order valence-electron chi connectivity index (χ0n) is 8.81. The van der Waals surface area contributed by atoms with E-state index in [-0.39, 0.29) is 24.4 Å². The summed E-state index contributed by atoms with van der Waals surface area (Å²) >= 11 is 1.76. The minimum absolute atomic E-state index is 0. The predicted molar refractivity (Wildman–Crippen MR) is 69.8 cm³/mol. The lowest BCUT2D eigenvalue weighted by Crippen LogP contribution is -2.41. The summed E-state index contributed by atoms with van der Waals surface area (Å²) in [5.41, 5.74) is 1.14. The topological polar surface area (TPSA) is 41.1 Å².